The maximum Gasteiger partial charge on any atom is 0.228 e. The van der Waals surface area contributed by atoms with E-state index in [1.807, 2.05) is 24.3 Å². The topological polar surface area (TPSA) is 72.5 Å². The first-order valence-electron chi connectivity index (χ1n) is 7.54. The molecule has 6 nitrogen and oxygen atoms in total. The van der Waals surface area contributed by atoms with Crippen molar-refractivity contribution in [1.82, 2.24) is 10.3 Å². The van der Waals surface area contributed by atoms with Crippen LogP contribution in [-0.2, 0) is 4.79 Å². The van der Waals surface area contributed by atoms with Gasteiger partial charge in [0.05, 0.1) is 24.9 Å². The first kappa shape index (κ1) is 21.0. The Kier molecular flexibility index (Phi) is 8.48. The Balaban J connectivity index is 0.00000156. The van der Waals surface area contributed by atoms with Crippen molar-refractivity contribution in [2.45, 2.75) is 6.42 Å². The number of halogens is 2. The maximum atomic E-state index is 12.0. The molecule has 136 valence electrons. The van der Waals surface area contributed by atoms with E-state index in [1.165, 1.54) is 0 Å². The molecule has 0 spiro atoms. The van der Waals surface area contributed by atoms with Crippen LogP contribution in [0.15, 0.2) is 42.6 Å². The number of carbonyl (C=O) groups is 1. The summed E-state index contributed by atoms with van der Waals surface area (Å²) in [5.41, 5.74) is 0.670. The largest absolute Gasteiger partial charge is 0.497 e. The molecular formula is C17H21Cl2N3O3. The van der Waals surface area contributed by atoms with Gasteiger partial charge in [-0.25, -0.2) is 4.98 Å². The molecule has 1 saturated heterocycles. The summed E-state index contributed by atoms with van der Waals surface area (Å²) in [6, 6.07) is 10.8. The molecule has 2 N–H and O–H groups in total. The minimum Gasteiger partial charge on any atom is -0.497 e. The van der Waals surface area contributed by atoms with Crippen LogP contribution in [0.4, 0.5) is 5.69 Å². The van der Waals surface area contributed by atoms with Crippen molar-refractivity contribution in [2.75, 3.05) is 25.5 Å². The van der Waals surface area contributed by atoms with Crippen LogP contribution in [0.2, 0.25) is 0 Å². The van der Waals surface area contributed by atoms with E-state index < -0.39 is 0 Å². The van der Waals surface area contributed by atoms with E-state index in [4.69, 9.17) is 9.47 Å². The Morgan fingerprint density at radius 2 is 1.88 bits per heavy atom. The number of pyridine rings is 1. The van der Waals surface area contributed by atoms with Crippen molar-refractivity contribution in [3.63, 3.8) is 0 Å². The lowest BCUT2D eigenvalue weighted by Crippen LogP contribution is -2.24. The van der Waals surface area contributed by atoms with Crippen LogP contribution in [0, 0.1) is 5.92 Å². The maximum absolute atomic E-state index is 12.0. The van der Waals surface area contributed by atoms with Crippen molar-refractivity contribution in [2.24, 2.45) is 5.92 Å². The van der Waals surface area contributed by atoms with E-state index in [2.05, 4.69) is 15.6 Å². The monoisotopic (exact) mass is 385 g/mol. The second-order valence-electron chi connectivity index (χ2n) is 5.34. The van der Waals surface area contributed by atoms with Crippen LogP contribution in [0.25, 0.3) is 0 Å². The lowest BCUT2D eigenvalue weighted by atomic mass is 10.1. The zero-order valence-corrected chi connectivity index (χ0v) is 15.4. The van der Waals surface area contributed by atoms with E-state index in [9.17, 15) is 4.79 Å². The zero-order valence-electron chi connectivity index (χ0n) is 13.7. The van der Waals surface area contributed by atoms with Gasteiger partial charge in [0, 0.05) is 12.6 Å². The average Bonchev–Trinajstić information content (AvgIpc) is 3.12. The van der Waals surface area contributed by atoms with E-state index >= 15 is 0 Å². The summed E-state index contributed by atoms with van der Waals surface area (Å²) >= 11 is 0. The number of hydrogen-bond acceptors (Lipinski definition) is 5. The summed E-state index contributed by atoms with van der Waals surface area (Å²) in [5.74, 6) is 1.97. The van der Waals surface area contributed by atoms with E-state index in [-0.39, 0.29) is 36.6 Å². The van der Waals surface area contributed by atoms with Crippen LogP contribution < -0.4 is 20.1 Å². The highest BCUT2D eigenvalue weighted by atomic mass is 35.5. The Morgan fingerprint density at radius 3 is 2.44 bits per heavy atom. The normalized spacial score (nSPS) is 15.5. The molecule has 1 amide bonds. The Morgan fingerprint density at radius 1 is 1.16 bits per heavy atom. The van der Waals surface area contributed by atoms with Crippen molar-refractivity contribution in [1.29, 1.82) is 0 Å². The Hall–Kier alpha value is -2.02. The molecule has 0 bridgehead atoms. The number of ether oxygens (including phenoxy) is 2. The molecular weight excluding hydrogens is 365 g/mol. The fourth-order valence-electron chi connectivity index (χ4n) is 2.40. The SMILES string of the molecule is COc1ccc(Oc2ccc(NC(=O)C3CCNC3)cn2)cc1.Cl.Cl. The number of benzene rings is 1. The van der Waals surface area contributed by atoms with E-state index in [0.29, 0.717) is 17.3 Å². The molecule has 1 atom stereocenters. The Labute approximate surface area is 159 Å². The van der Waals surface area contributed by atoms with Crippen molar-refractivity contribution in [3.05, 3.63) is 42.6 Å². The Bertz CT molecular complexity index is 660. The zero-order chi connectivity index (χ0) is 16.1. The van der Waals surface area contributed by atoms with Crippen LogP contribution in [0.5, 0.6) is 17.4 Å². The number of nitrogens with zero attached hydrogens (tertiary/aromatic N) is 1. The van der Waals surface area contributed by atoms with Crippen molar-refractivity contribution >= 4 is 36.4 Å². The molecule has 2 aromatic rings. The lowest BCUT2D eigenvalue weighted by Gasteiger charge is -2.10. The quantitative estimate of drug-likeness (QED) is 0.825. The molecule has 0 aliphatic carbocycles. The van der Waals surface area contributed by atoms with Crippen LogP contribution in [0.1, 0.15) is 6.42 Å². The van der Waals surface area contributed by atoms with Gasteiger partial charge in [0.1, 0.15) is 11.5 Å². The summed E-state index contributed by atoms with van der Waals surface area (Å²) in [7, 11) is 1.62. The lowest BCUT2D eigenvalue weighted by molar-refractivity contribution is -0.119. The van der Waals surface area contributed by atoms with Gasteiger partial charge in [-0.3, -0.25) is 4.79 Å². The summed E-state index contributed by atoms with van der Waals surface area (Å²) in [5, 5.41) is 6.05. The van der Waals surface area contributed by atoms with Gasteiger partial charge in [-0.15, -0.1) is 24.8 Å². The molecule has 3 rings (SSSR count). The minimum atomic E-state index is 0. The number of rotatable bonds is 5. The number of anilines is 1. The van der Waals surface area contributed by atoms with Crippen LogP contribution in [-0.4, -0.2) is 31.1 Å². The predicted molar refractivity (Wildman–Crippen MR) is 101 cm³/mol. The van der Waals surface area contributed by atoms with Gasteiger partial charge in [0.25, 0.3) is 0 Å². The molecule has 1 aliphatic heterocycles. The molecule has 1 aromatic heterocycles. The van der Waals surface area contributed by atoms with Crippen LogP contribution in [0.3, 0.4) is 0 Å². The molecule has 1 fully saturated rings. The molecule has 1 aromatic carbocycles. The molecule has 0 saturated carbocycles. The first-order valence-corrected chi connectivity index (χ1v) is 7.54. The van der Waals surface area contributed by atoms with Gasteiger partial charge < -0.3 is 20.1 Å². The molecule has 8 heteroatoms. The molecule has 1 unspecified atom stereocenters. The van der Waals surface area contributed by atoms with Gasteiger partial charge in [-0.1, -0.05) is 0 Å². The van der Waals surface area contributed by atoms with Gasteiger partial charge >= 0.3 is 0 Å². The van der Waals surface area contributed by atoms with Gasteiger partial charge in [0.2, 0.25) is 11.8 Å². The third-order valence-electron chi connectivity index (χ3n) is 3.72. The number of aromatic nitrogens is 1. The highest BCUT2D eigenvalue weighted by Crippen LogP contribution is 2.23. The van der Waals surface area contributed by atoms with Gasteiger partial charge in [0.15, 0.2) is 0 Å². The number of hydrogen-bond donors (Lipinski definition) is 2. The summed E-state index contributed by atoms with van der Waals surface area (Å²) in [4.78, 5) is 16.2. The second-order valence-corrected chi connectivity index (χ2v) is 5.34. The predicted octanol–water partition coefficient (Wildman–Crippen LogP) is 3.27. The standard InChI is InChI=1S/C17H19N3O3.2ClH/c1-22-14-3-5-15(6-4-14)23-16-7-2-13(11-19-16)20-17(21)12-8-9-18-10-12;;/h2-7,11-12,18H,8-10H2,1H3,(H,20,21);2*1H. The smallest absolute Gasteiger partial charge is 0.228 e. The third-order valence-corrected chi connectivity index (χ3v) is 3.72. The van der Waals surface area contributed by atoms with Crippen molar-refractivity contribution < 1.29 is 14.3 Å². The number of methoxy groups -OCH3 is 1. The van der Waals surface area contributed by atoms with Crippen LogP contribution >= 0.6 is 24.8 Å². The second kappa shape index (κ2) is 10.1. The number of carbonyl (C=O) groups excluding carboxylic acids is 1. The summed E-state index contributed by atoms with van der Waals surface area (Å²) in [6.45, 7) is 1.63. The van der Waals surface area contributed by atoms with Gasteiger partial charge in [-0.05, 0) is 43.3 Å². The van der Waals surface area contributed by atoms with E-state index in [1.54, 1.807) is 25.4 Å². The van der Waals surface area contributed by atoms with Crippen molar-refractivity contribution in [3.8, 4) is 17.4 Å². The highest BCUT2D eigenvalue weighted by Gasteiger charge is 2.22. The molecule has 2 heterocycles. The summed E-state index contributed by atoms with van der Waals surface area (Å²) < 4.78 is 10.7. The fraction of sp³-hybridized carbons (Fsp3) is 0.294. The first-order chi connectivity index (χ1) is 11.2. The highest BCUT2D eigenvalue weighted by molar-refractivity contribution is 5.92. The van der Waals surface area contributed by atoms with E-state index in [0.717, 1.165) is 25.3 Å². The molecule has 25 heavy (non-hydrogen) atoms. The third kappa shape index (κ3) is 5.77. The molecule has 0 radical (unpaired) electrons. The minimum absolute atomic E-state index is 0. The summed E-state index contributed by atoms with van der Waals surface area (Å²) in [6.07, 6.45) is 2.47. The number of amides is 1. The number of nitrogens with one attached hydrogen (secondary N) is 2. The fourth-order valence-corrected chi connectivity index (χ4v) is 2.40. The van der Waals surface area contributed by atoms with Gasteiger partial charge in [-0.2, -0.15) is 0 Å². The molecule has 1 aliphatic rings. The average molecular weight is 386 g/mol.